The van der Waals surface area contributed by atoms with Crippen molar-refractivity contribution >= 4 is 21.9 Å². The van der Waals surface area contributed by atoms with Gasteiger partial charge in [-0.05, 0) is 40.5 Å². The van der Waals surface area contributed by atoms with Gasteiger partial charge < -0.3 is 10.1 Å². The molecule has 94 valence electrons. The molecule has 4 nitrogen and oxygen atoms in total. The molecule has 0 bridgehead atoms. The van der Waals surface area contributed by atoms with Crippen molar-refractivity contribution in [3.63, 3.8) is 0 Å². The molecule has 2 rings (SSSR count). The monoisotopic (exact) mass is 307 g/mol. The van der Waals surface area contributed by atoms with E-state index < -0.39 is 0 Å². The SMILES string of the molecule is Cc1cccc(OCCNc2ncc(Br)cn2)c1. The van der Waals surface area contributed by atoms with Crippen LogP contribution in [0.5, 0.6) is 5.75 Å². The standard InChI is InChI=1S/C13H14BrN3O/c1-10-3-2-4-12(7-10)18-6-5-15-13-16-8-11(14)9-17-13/h2-4,7-9H,5-6H2,1H3,(H,15,16,17). The van der Waals surface area contributed by atoms with E-state index in [9.17, 15) is 0 Å². The van der Waals surface area contributed by atoms with Gasteiger partial charge >= 0.3 is 0 Å². The first-order chi connectivity index (χ1) is 8.74. The third kappa shape index (κ3) is 4.00. The zero-order valence-corrected chi connectivity index (χ0v) is 11.6. The number of nitrogens with zero attached hydrogens (tertiary/aromatic N) is 2. The topological polar surface area (TPSA) is 47.0 Å². The number of benzene rings is 1. The lowest BCUT2D eigenvalue weighted by Crippen LogP contribution is -2.13. The van der Waals surface area contributed by atoms with E-state index in [0.29, 0.717) is 19.1 Å². The summed E-state index contributed by atoms with van der Waals surface area (Å²) in [6.45, 7) is 3.28. The largest absolute Gasteiger partial charge is 0.492 e. The van der Waals surface area contributed by atoms with E-state index >= 15 is 0 Å². The first-order valence-electron chi connectivity index (χ1n) is 5.65. The molecule has 0 radical (unpaired) electrons. The fraction of sp³-hybridized carbons (Fsp3) is 0.231. The number of halogens is 1. The number of nitrogens with one attached hydrogen (secondary N) is 1. The number of hydrogen-bond donors (Lipinski definition) is 1. The Balaban J connectivity index is 1.74. The van der Waals surface area contributed by atoms with Gasteiger partial charge in [0.2, 0.25) is 5.95 Å². The zero-order valence-electron chi connectivity index (χ0n) is 10.1. The van der Waals surface area contributed by atoms with Crippen LogP contribution in [0.15, 0.2) is 41.1 Å². The van der Waals surface area contributed by atoms with E-state index in [2.05, 4.69) is 31.2 Å². The van der Waals surface area contributed by atoms with Crippen LogP contribution in [0.1, 0.15) is 5.56 Å². The summed E-state index contributed by atoms with van der Waals surface area (Å²) in [6.07, 6.45) is 3.41. The first-order valence-corrected chi connectivity index (χ1v) is 6.44. The average Bonchev–Trinajstić information content (AvgIpc) is 2.37. The summed E-state index contributed by atoms with van der Waals surface area (Å²) < 4.78 is 6.47. The lowest BCUT2D eigenvalue weighted by atomic mass is 10.2. The van der Waals surface area contributed by atoms with Gasteiger partial charge in [0, 0.05) is 12.4 Å². The zero-order chi connectivity index (χ0) is 12.8. The summed E-state index contributed by atoms with van der Waals surface area (Å²) in [4.78, 5) is 8.22. The van der Waals surface area contributed by atoms with Gasteiger partial charge in [0.1, 0.15) is 12.4 Å². The Labute approximate surface area is 115 Å². The van der Waals surface area contributed by atoms with Crippen molar-refractivity contribution in [1.29, 1.82) is 0 Å². The molecule has 0 aliphatic carbocycles. The van der Waals surface area contributed by atoms with Crippen LogP contribution < -0.4 is 10.1 Å². The van der Waals surface area contributed by atoms with Gasteiger partial charge in [-0.1, -0.05) is 12.1 Å². The second-order valence-electron chi connectivity index (χ2n) is 3.82. The normalized spacial score (nSPS) is 10.1. The molecule has 0 saturated heterocycles. The molecule has 1 aromatic heterocycles. The van der Waals surface area contributed by atoms with E-state index in [1.54, 1.807) is 12.4 Å². The Morgan fingerprint density at radius 2 is 2.06 bits per heavy atom. The lowest BCUT2D eigenvalue weighted by molar-refractivity contribution is 0.332. The Kier molecular flexibility index (Phi) is 4.52. The molecule has 0 atom stereocenters. The smallest absolute Gasteiger partial charge is 0.222 e. The molecule has 2 aromatic rings. The quantitative estimate of drug-likeness (QED) is 0.863. The van der Waals surface area contributed by atoms with Gasteiger partial charge in [0.25, 0.3) is 0 Å². The van der Waals surface area contributed by atoms with Crippen LogP contribution >= 0.6 is 15.9 Å². The van der Waals surface area contributed by atoms with E-state index in [1.165, 1.54) is 5.56 Å². The second kappa shape index (κ2) is 6.35. The fourth-order valence-corrected chi connectivity index (χ4v) is 1.65. The molecule has 1 N–H and O–H groups in total. The number of ether oxygens (including phenoxy) is 1. The molecule has 0 unspecified atom stereocenters. The molecule has 1 heterocycles. The number of rotatable bonds is 5. The average molecular weight is 308 g/mol. The van der Waals surface area contributed by atoms with Crippen molar-refractivity contribution in [3.05, 3.63) is 46.7 Å². The number of aryl methyl sites for hydroxylation is 1. The molecule has 0 saturated carbocycles. The minimum absolute atomic E-state index is 0.572. The van der Waals surface area contributed by atoms with Crippen molar-refractivity contribution in [2.75, 3.05) is 18.5 Å². The van der Waals surface area contributed by atoms with Crippen molar-refractivity contribution in [3.8, 4) is 5.75 Å². The molecule has 5 heteroatoms. The Morgan fingerprint density at radius 3 is 2.78 bits per heavy atom. The number of hydrogen-bond acceptors (Lipinski definition) is 4. The van der Waals surface area contributed by atoms with Gasteiger partial charge in [-0.25, -0.2) is 9.97 Å². The fourth-order valence-electron chi connectivity index (χ4n) is 1.44. The predicted octanol–water partition coefficient (Wildman–Crippen LogP) is 3.04. The molecule has 0 spiro atoms. The lowest BCUT2D eigenvalue weighted by Gasteiger charge is -2.07. The summed E-state index contributed by atoms with van der Waals surface area (Å²) in [7, 11) is 0. The highest BCUT2D eigenvalue weighted by molar-refractivity contribution is 9.10. The van der Waals surface area contributed by atoms with Crippen LogP contribution in [0.25, 0.3) is 0 Å². The van der Waals surface area contributed by atoms with Crippen LogP contribution in [-0.2, 0) is 0 Å². The highest BCUT2D eigenvalue weighted by Gasteiger charge is 1.96. The van der Waals surface area contributed by atoms with Crippen LogP contribution in [0.3, 0.4) is 0 Å². The van der Waals surface area contributed by atoms with Crippen molar-refractivity contribution < 1.29 is 4.74 Å². The summed E-state index contributed by atoms with van der Waals surface area (Å²) in [5, 5.41) is 3.09. The maximum Gasteiger partial charge on any atom is 0.222 e. The number of aromatic nitrogens is 2. The van der Waals surface area contributed by atoms with Gasteiger partial charge in [-0.15, -0.1) is 0 Å². The van der Waals surface area contributed by atoms with E-state index in [1.807, 2.05) is 31.2 Å². The van der Waals surface area contributed by atoms with Crippen molar-refractivity contribution in [2.45, 2.75) is 6.92 Å². The highest BCUT2D eigenvalue weighted by Crippen LogP contribution is 2.12. The van der Waals surface area contributed by atoms with Gasteiger partial charge in [-0.3, -0.25) is 0 Å². The first kappa shape index (κ1) is 12.8. The van der Waals surface area contributed by atoms with Crippen molar-refractivity contribution in [1.82, 2.24) is 9.97 Å². The Bertz CT molecular complexity index is 502. The molecule has 0 aliphatic rings. The molecule has 1 aromatic carbocycles. The predicted molar refractivity (Wildman–Crippen MR) is 74.9 cm³/mol. The van der Waals surface area contributed by atoms with Crippen LogP contribution in [0.4, 0.5) is 5.95 Å². The van der Waals surface area contributed by atoms with Crippen LogP contribution in [0, 0.1) is 6.92 Å². The Morgan fingerprint density at radius 1 is 1.28 bits per heavy atom. The molecular weight excluding hydrogens is 294 g/mol. The molecule has 0 amide bonds. The minimum Gasteiger partial charge on any atom is -0.492 e. The summed E-state index contributed by atoms with van der Waals surface area (Å²) >= 11 is 3.29. The summed E-state index contributed by atoms with van der Waals surface area (Å²) in [5.41, 5.74) is 1.19. The molecule has 18 heavy (non-hydrogen) atoms. The maximum absolute atomic E-state index is 5.60. The van der Waals surface area contributed by atoms with E-state index in [4.69, 9.17) is 4.74 Å². The summed E-state index contributed by atoms with van der Waals surface area (Å²) in [5.74, 6) is 1.49. The van der Waals surface area contributed by atoms with Crippen LogP contribution in [-0.4, -0.2) is 23.1 Å². The summed E-state index contributed by atoms with van der Waals surface area (Å²) in [6, 6.07) is 7.98. The number of anilines is 1. The van der Waals surface area contributed by atoms with E-state index in [0.717, 1.165) is 10.2 Å². The molecule has 0 fully saturated rings. The van der Waals surface area contributed by atoms with Crippen molar-refractivity contribution in [2.24, 2.45) is 0 Å². The maximum atomic E-state index is 5.60. The van der Waals surface area contributed by atoms with E-state index in [-0.39, 0.29) is 0 Å². The van der Waals surface area contributed by atoms with Gasteiger partial charge in [0.05, 0.1) is 11.0 Å². The Hall–Kier alpha value is -1.62. The third-order valence-electron chi connectivity index (χ3n) is 2.26. The van der Waals surface area contributed by atoms with Gasteiger partial charge in [-0.2, -0.15) is 0 Å². The second-order valence-corrected chi connectivity index (χ2v) is 4.73. The highest BCUT2D eigenvalue weighted by atomic mass is 79.9. The van der Waals surface area contributed by atoms with Crippen LogP contribution in [0.2, 0.25) is 0 Å². The minimum atomic E-state index is 0.572. The molecule has 0 aliphatic heterocycles. The molecular formula is C13H14BrN3O. The third-order valence-corrected chi connectivity index (χ3v) is 2.67. The van der Waals surface area contributed by atoms with Gasteiger partial charge in [0.15, 0.2) is 0 Å².